The predicted octanol–water partition coefficient (Wildman–Crippen LogP) is 2.92. The third-order valence-electron chi connectivity index (χ3n) is 1.40. The van der Waals surface area contributed by atoms with E-state index >= 15 is 0 Å². The second-order valence-corrected chi connectivity index (χ2v) is 2.24. The van der Waals surface area contributed by atoms with Gasteiger partial charge in [0.05, 0.1) is 6.61 Å². The summed E-state index contributed by atoms with van der Waals surface area (Å²) < 4.78 is 40.9. The molecule has 0 N–H and O–H groups in total. The molecule has 72 valence electrons. The molecule has 0 aliphatic heterocycles. The molecule has 0 amide bonds. The topological polar surface area (TPSA) is 9.23 Å². The number of allylic oxidation sites excluding steroid dienone is 1. The molecule has 0 fully saturated rings. The van der Waals surface area contributed by atoms with Gasteiger partial charge >= 0.3 is 6.18 Å². The molecule has 0 aromatic heterocycles. The van der Waals surface area contributed by atoms with E-state index in [0.717, 1.165) is 6.08 Å². The molecule has 0 aromatic rings. The number of hydrogen-bond acceptors (Lipinski definition) is 1. The molecule has 0 bridgehead atoms. The fourth-order valence-corrected chi connectivity index (χ4v) is 0.738. The average molecular weight is 182 g/mol. The lowest BCUT2D eigenvalue weighted by Crippen LogP contribution is -2.12. The molecule has 0 aliphatic rings. The molecule has 0 heterocycles. The van der Waals surface area contributed by atoms with Gasteiger partial charge in [-0.2, -0.15) is 13.2 Å². The van der Waals surface area contributed by atoms with Crippen molar-refractivity contribution in [2.45, 2.75) is 26.4 Å². The number of halogens is 3. The third-order valence-corrected chi connectivity index (χ3v) is 1.40. The molecule has 1 nitrogen and oxygen atoms in total. The van der Waals surface area contributed by atoms with E-state index in [1.165, 1.54) is 6.92 Å². The van der Waals surface area contributed by atoms with E-state index in [2.05, 4.69) is 0 Å². The zero-order chi connectivity index (χ0) is 9.61. The first-order valence-corrected chi connectivity index (χ1v) is 3.86. The molecule has 0 atom stereocenters. The van der Waals surface area contributed by atoms with Crippen LogP contribution in [-0.4, -0.2) is 19.4 Å². The van der Waals surface area contributed by atoms with Crippen molar-refractivity contribution in [1.29, 1.82) is 0 Å². The lowest BCUT2D eigenvalue weighted by molar-refractivity contribution is -0.0941. The maximum atomic E-state index is 12.0. The molecule has 0 saturated heterocycles. The quantitative estimate of drug-likeness (QED) is 0.479. The van der Waals surface area contributed by atoms with Gasteiger partial charge in [-0.25, -0.2) is 0 Å². The van der Waals surface area contributed by atoms with Crippen LogP contribution in [0, 0.1) is 0 Å². The first kappa shape index (κ1) is 11.5. The smallest absolute Gasteiger partial charge is 0.378 e. The fraction of sp³-hybridized carbons (Fsp3) is 0.750. The van der Waals surface area contributed by atoms with E-state index in [9.17, 15) is 13.2 Å². The summed E-state index contributed by atoms with van der Waals surface area (Å²) in [6.07, 6.45) is -3.12. The monoisotopic (exact) mass is 182 g/mol. The van der Waals surface area contributed by atoms with Crippen LogP contribution in [0.1, 0.15) is 20.3 Å². The summed E-state index contributed by atoms with van der Waals surface area (Å²) in [4.78, 5) is 0. The lowest BCUT2D eigenvalue weighted by atomic mass is 10.2. The van der Waals surface area contributed by atoms with Crippen LogP contribution in [0.4, 0.5) is 13.2 Å². The zero-order valence-electron chi connectivity index (χ0n) is 7.24. The molecule has 0 aliphatic carbocycles. The molecule has 0 aromatic carbocycles. The Morgan fingerprint density at radius 2 is 1.92 bits per heavy atom. The predicted molar refractivity (Wildman–Crippen MR) is 40.9 cm³/mol. The van der Waals surface area contributed by atoms with Crippen molar-refractivity contribution in [1.82, 2.24) is 0 Å². The summed E-state index contributed by atoms with van der Waals surface area (Å²) >= 11 is 0. The van der Waals surface area contributed by atoms with Gasteiger partial charge in [0.15, 0.2) is 0 Å². The van der Waals surface area contributed by atoms with Gasteiger partial charge in [0.25, 0.3) is 0 Å². The van der Waals surface area contributed by atoms with Gasteiger partial charge in [0.2, 0.25) is 0 Å². The summed E-state index contributed by atoms with van der Waals surface area (Å²) in [5.74, 6) is 0. The van der Waals surface area contributed by atoms with E-state index in [1.54, 1.807) is 6.92 Å². The van der Waals surface area contributed by atoms with Crippen molar-refractivity contribution in [3.05, 3.63) is 11.6 Å². The fourth-order valence-electron chi connectivity index (χ4n) is 0.738. The summed E-state index contributed by atoms with van der Waals surface area (Å²) in [7, 11) is 0. The van der Waals surface area contributed by atoms with Crippen molar-refractivity contribution in [3.8, 4) is 0 Å². The van der Waals surface area contributed by atoms with E-state index in [4.69, 9.17) is 4.74 Å². The Morgan fingerprint density at radius 3 is 2.25 bits per heavy atom. The summed E-state index contributed by atoms with van der Waals surface area (Å²) in [5.41, 5.74) is -0.518. The normalized spacial score (nSPS) is 13.6. The van der Waals surface area contributed by atoms with Crippen molar-refractivity contribution in [2.24, 2.45) is 0 Å². The number of ether oxygens (including phenoxy) is 1. The highest BCUT2D eigenvalue weighted by Gasteiger charge is 2.31. The Hall–Kier alpha value is -0.510. The Kier molecular flexibility index (Phi) is 4.97. The number of rotatable bonds is 4. The second-order valence-electron chi connectivity index (χ2n) is 2.24. The van der Waals surface area contributed by atoms with Gasteiger partial charge in [-0.15, -0.1) is 0 Å². The minimum Gasteiger partial charge on any atom is -0.378 e. The molecular formula is C8H13F3O. The van der Waals surface area contributed by atoms with Crippen LogP contribution in [0.2, 0.25) is 0 Å². The largest absolute Gasteiger partial charge is 0.412 e. The standard InChI is InChI=1S/C8H13F3O/c1-3-7(8(9,10)11)5-6-12-4-2/h5H,3-4,6H2,1-2H3. The van der Waals surface area contributed by atoms with Crippen molar-refractivity contribution < 1.29 is 17.9 Å². The Bertz CT molecular complexity index is 149. The highest BCUT2D eigenvalue weighted by molar-refractivity contribution is 5.08. The van der Waals surface area contributed by atoms with Gasteiger partial charge in [-0.3, -0.25) is 0 Å². The van der Waals surface area contributed by atoms with Crippen LogP contribution in [0.15, 0.2) is 11.6 Å². The minimum absolute atomic E-state index is 0.00340. The van der Waals surface area contributed by atoms with Crippen molar-refractivity contribution in [3.63, 3.8) is 0 Å². The molecule has 0 radical (unpaired) electrons. The van der Waals surface area contributed by atoms with Crippen LogP contribution in [0.3, 0.4) is 0 Å². The molecule has 12 heavy (non-hydrogen) atoms. The van der Waals surface area contributed by atoms with E-state index < -0.39 is 11.7 Å². The van der Waals surface area contributed by atoms with Crippen LogP contribution in [0.5, 0.6) is 0 Å². The van der Waals surface area contributed by atoms with Gasteiger partial charge in [-0.05, 0) is 13.3 Å². The van der Waals surface area contributed by atoms with Crippen LogP contribution in [-0.2, 0) is 4.74 Å². The lowest BCUT2D eigenvalue weighted by Gasteiger charge is -2.08. The second kappa shape index (κ2) is 5.19. The SMILES string of the molecule is CCOCC=C(CC)C(F)(F)F. The maximum absolute atomic E-state index is 12.0. The third kappa shape index (κ3) is 4.38. The van der Waals surface area contributed by atoms with Gasteiger partial charge in [0.1, 0.15) is 0 Å². The Labute approximate surface area is 70.2 Å². The molecule has 0 spiro atoms. The Balaban J connectivity index is 4.05. The average Bonchev–Trinajstić information content (AvgIpc) is 1.95. The molecular weight excluding hydrogens is 169 g/mol. The molecule has 4 heteroatoms. The van der Waals surface area contributed by atoms with Crippen molar-refractivity contribution in [2.75, 3.05) is 13.2 Å². The first-order chi connectivity index (χ1) is 5.52. The van der Waals surface area contributed by atoms with E-state index in [-0.39, 0.29) is 13.0 Å². The zero-order valence-corrected chi connectivity index (χ0v) is 7.24. The highest BCUT2D eigenvalue weighted by atomic mass is 19.4. The highest BCUT2D eigenvalue weighted by Crippen LogP contribution is 2.27. The van der Waals surface area contributed by atoms with Crippen molar-refractivity contribution >= 4 is 0 Å². The van der Waals surface area contributed by atoms with Gasteiger partial charge in [0, 0.05) is 12.2 Å². The van der Waals surface area contributed by atoms with Crippen LogP contribution >= 0.6 is 0 Å². The summed E-state index contributed by atoms with van der Waals surface area (Å²) in [6, 6.07) is 0. The van der Waals surface area contributed by atoms with E-state index in [0.29, 0.717) is 6.61 Å². The molecule has 0 saturated carbocycles. The number of alkyl halides is 3. The molecule has 0 unspecified atom stereocenters. The van der Waals surface area contributed by atoms with Crippen LogP contribution < -0.4 is 0 Å². The van der Waals surface area contributed by atoms with Crippen LogP contribution in [0.25, 0.3) is 0 Å². The summed E-state index contributed by atoms with van der Waals surface area (Å²) in [5, 5.41) is 0. The number of hydrogen-bond donors (Lipinski definition) is 0. The van der Waals surface area contributed by atoms with E-state index in [1.807, 2.05) is 0 Å². The van der Waals surface area contributed by atoms with Gasteiger partial charge in [-0.1, -0.05) is 13.0 Å². The minimum atomic E-state index is -4.20. The first-order valence-electron chi connectivity index (χ1n) is 3.86. The molecule has 0 rings (SSSR count). The summed E-state index contributed by atoms with van der Waals surface area (Å²) in [6.45, 7) is 3.70. The Morgan fingerprint density at radius 1 is 1.33 bits per heavy atom. The van der Waals surface area contributed by atoms with Gasteiger partial charge < -0.3 is 4.74 Å². The maximum Gasteiger partial charge on any atom is 0.412 e.